The number of benzene rings is 3. The van der Waals surface area contributed by atoms with Gasteiger partial charge in [0.25, 0.3) is 0 Å². The van der Waals surface area contributed by atoms with E-state index in [-0.39, 0.29) is 59.7 Å². The molecule has 1 N–H and O–H groups in total. The summed E-state index contributed by atoms with van der Waals surface area (Å²) in [6.07, 6.45) is 8.84. The number of allylic oxidation sites excluding steroid dienone is 2. The number of rotatable bonds is 9. The molecular weight excluding hydrogens is 831 g/mol. The summed E-state index contributed by atoms with van der Waals surface area (Å²) in [6.45, 7) is 28.7. The number of aryl methyl sites for hydroxylation is 1. The van der Waals surface area contributed by atoms with Gasteiger partial charge in [0.2, 0.25) is 0 Å². The van der Waals surface area contributed by atoms with Crippen LogP contribution in [0.4, 0.5) is 0 Å². The maximum Gasteiger partial charge on any atom is 0.162 e. The molecule has 2 heterocycles. The fraction of sp³-hybridized carbons (Fsp3) is 0.500. The second-order valence-corrected chi connectivity index (χ2v) is 18.1. The normalized spacial score (nSPS) is 14.1. The van der Waals surface area contributed by atoms with E-state index in [4.69, 9.17) is 9.40 Å². The van der Waals surface area contributed by atoms with Crippen LogP contribution in [0.2, 0.25) is 0 Å². The van der Waals surface area contributed by atoms with E-state index in [1.165, 1.54) is 50.1 Å². The molecule has 1 aliphatic carbocycles. The first-order chi connectivity index (χ1) is 24.3. The third kappa shape index (κ3) is 8.68. The maximum absolute atomic E-state index is 11.7. The first-order valence-corrected chi connectivity index (χ1v) is 19.6. The predicted molar refractivity (Wildman–Crippen MR) is 220 cm³/mol. The van der Waals surface area contributed by atoms with Gasteiger partial charge in [0.05, 0.1) is 5.76 Å². The van der Waals surface area contributed by atoms with Crippen LogP contribution in [0.25, 0.3) is 44.0 Å². The molecule has 0 saturated carbocycles. The van der Waals surface area contributed by atoms with E-state index in [1.807, 2.05) is 27.7 Å². The van der Waals surface area contributed by atoms with Crippen molar-refractivity contribution < 1.29 is 34.4 Å². The molecule has 4 nitrogen and oxygen atoms in total. The topological polar surface area (TPSA) is 63.3 Å². The van der Waals surface area contributed by atoms with E-state index in [2.05, 4.69) is 111 Å². The summed E-state index contributed by atoms with van der Waals surface area (Å²) in [7, 11) is 0. The SMILES string of the molecule is CCC(CC)C(=O)/C=C(\O)C(CC)CC.Cc1ccc2c3c([c-]cc2c1)-c1ncc(CC(C)(C)C)c2oc4c(CC(C)(C)C)ccc(c4c12)C3(C)C.[Ir]. The van der Waals surface area contributed by atoms with Gasteiger partial charge in [-0.15, -0.1) is 23.3 Å². The van der Waals surface area contributed by atoms with Crippen LogP contribution in [0.3, 0.4) is 0 Å². The quantitative estimate of drug-likeness (QED) is 0.0910. The minimum Gasteiger partial charge on any atom is -0.512 e. The molecule has 53 heavy (non-hydrogen) atoms. The molecule has 0 aliphatic heterocycles. The number of pyridine rings is 1. The number of fused-ring (bicyclic) bond motifs is 4. The number of carbonyl (C=O) groups excluding carboxylic acids is 1. The molecule has 5 heteroatoms. The summed E-state index contributed by atoms with van der Waals surface area (Å²) in [5.41, 5.74) is 10.5. The average molecular weight is 893 g/mol. The van der Waals surface area contributed by atoms with Crippen molar-refractivity contribution in [2.45, 2.75) is 134 Å². The second-order valence-electron chi connectivity index (χ2n) is 18.1. The van der Waals surface area contributed by atoms with Gasteiger partial charge in [0.1, 0.15) is 11.2 Å². The summed E-state index contributed by atoms with van der Waals surface area (Å²) in [6, 6.07) is 17.3. The van der Waals surface area contributed by atoms with Crippen LogP contribution >= 0.6 is 0 Å². The molecule has 1 aliphatic rings. The molecule has 0 bridgehead atoms. The summed E-state index contributed by atoms with van der Waals surface area (Å²) in [4.78, 5) is 16.9. The molecular formula is C48H62IrNO3-. The first kappa shape index (κ1) is 42.5. The smallest absolute Gasteiger partial charge is 0.162 e. The molecule has 3 aromatic carbocycles. The zero-order chi connectivity index (χ0) is 38.3. The maximum atomic E-state index is 11.7. The molecule has 0 saturated heterocycles. The fourth-order valence-electron chi connectivity index (χ4n) is 8.23. The van der Waals surface area contributed by atoms with Crippen LogP contribution in [0, 0.1) is 35.7 Å². The number of furan rings is 1. The Balaban J connectivity index is 0.000000335. The van der Waals surface area contributed by atoms with Crippen molar-refractivity contribution >= 4 is 38.5 Å². The monoisotopic (exact) mass is 893 g/mol. The molecule has 287 valence electrons. The second kappa shape index (κ2) is 16.2. The molecule has 0 spiro atoms. The van der Waals surface area contributed by atoms with E-state index in [9.17, 15) is 9.90 Å². The van der Waals surface area contributed by atoms with Crippen molar-refractivity contribution in [3.63, 3.8) is 0 Å². The van der Waals surface area contributed by atoms with Crippen molar-refractivity contribution in [1.29, 1.82) is 0 Å². The van der Waals surface area contributed by atoms with Crippen molar-refractivity contribution in [1.82, 2.24) is 4.98 Å². The Morgan fingerprint density at radius 3 is 2.04 bits per heavy atom. The van der Waals surface area contributed by atoms with E-state index in [0.717, 1.165) is 66.3 Å². The van der Waals surface area contributed by atoms with Crippen molar-refractivity contribution in [2.24, 2.45) is 22.7 Å². The van der Waals surface area contributed by atoms with Crippen molar-refractivity contribution in [2.75, 3.05) is 0 Å². The van der Waals surface area contributed by atoms with Gasteiger partial charge in [-0.3, -0.25) is 4.79 Å². The zero-order valence-corrected chi connectivity index (χ0v) is 37.0. The van der Waals surface area contributed by atoms with Crippen LogP contribution in [0.5, 0.6) is 0 Å². The number of aromatic nitrogens is 1. The van der Waals surface area contributed by atoms with E-state index in [1.54, 1.807) is 0 Å². The predicted octanol–water partition coefficient (Wildman–Crippen LogP) is 13.6. The van der Waals surface area contributed by atoms with Gasteiger partial charge >= 0.3 is 0 Å². The number of nitrogens with zero attached hydrogens (tertiary/aromatic N) is 1. The summed E-state index contributed by atoms with van der Waals surface area (Å²) < 4.78 is 6.92. The number of aliphatic hydroxyl groups is 1. The van der Waals surface area contributed by atoms with E-state index < -0.39 is 0 Å². The van der Waals surface area contributed by atoms with Crippen LogP contribution in [-0.4, -0.2) is 15.9 Å². The third-order valence-corrected chi connectivity index (χ3v) is 11.0. The van der Waals surface area contributed by atoms with Gasteiger partial charge in [0.15, 0.2) is 5.78 Å². The largest absolute Gasteiger partial charge is 0.512 e. The molecule has 0 unspecified atom stereocenters. The van der Waals surface area contributed by atoms with Gasteiger partial charge < -0.3 is 14.5 Å². The van der Waals surface area contributed by atoms with Gasteiger partial charge in [-0.1, -0.05) is 130 Å². The Morgan fingerprint density at radius 1 is 0.868 bits per heavy atom. The van der Waals surface area contributed by atoms with Crippen LogP contribution in [0.15, 0.2) is 58.8 Å². The third-order valence-electron chi connectivity index (χ3n) is 11.0. The standard InChI is InChI=1S/C35H38NO.C13H24O2.Ir/c1-20-10-13-24-21(16-20)11-14-25-29(24)35(8,9)26-15-12-22(17-33(2,3)4)31-27(26)28-30(25)36-19-23(32(28)37-31)18-34(5,6)7;1-5-10(6-2)12(14)9-13(15)11(7-3)8-4;/h10-13,15-16,19H,17-18H2,1-9H3;9-11,14H,5-8H2,1-4H3;/q-1;;/b;12-9-;. The Labute approximate surface area is 332 Å². The number of hydrogen-bond donors (Lipinski definition) is 1. The molecule has 2 aromatic heterocycles. The Morgan fingerprint density at radius 2 is 1.45 bits per heavy atom. The average Bonchev–Trinajstić information content (AvgIpc) is 3.43. The van der Waals surface area contributed by atoms with Gasteiger partial charge in [0, 0.05) is 66.2 Å². The summed E-state index contributed by atoms with van der Waals surface area (Å²) in [5.74, 6) is 0.547. The minimum atomic E-state index is -0.249. The van der Waals surface area contributed by atoms with Crippen LogP contribution in [0.1, 0.15) is 137 Å². The van der Waals surface area contributed by atoms with Crippen molar-refractivity contribution in [3.05, 3.63) is 88.3 Å². The number of carbonyl (C=O) groups is 1. The molecule has 1 radical (unpaired) electrons. The van der Waals surface area contributed by atoms with Crippen molar-refractivity contribution in [3.8, 4) is 11.3 Å². The molecule has 0 amide bonds. The van der Waals surface area contributed by atoms with Gasteiger partial charge in [-0.2, -0.15) is 0 Å². The summed E-state index contributed by atoms with van der Waals surface area (Å²) >= 11 is 0. The minimum absolute atomic E-state index is 0. The first-order valence-electron chi connectivity index (χ1n) is 19.6. The Hall–Kier alpha value is -3.27. The fourth-order valence-corrected chi connectivity index (χ4v) is 8.23. The molecule has 0 fully saturated rings. The van der Waals surface area contributed by atoms with E-state index >= 15 is 0 Å². The van der Waals surface area contributed by atoms with Gasteiger partial charge in [-0.25, -0.2) is 0 Å². The Kier molecular flexibility index (Phi) is 13.0. The van der Waals surface area contributed by atoms with Crippen LogP contribution < -0.4 is 0 Å². The molecule has 6 rings (SSSR count). The van der Waals surface area contributed by atoms with E-state index in [0.29, 0.717) is 0 Å². The number of hydrogen-bond acceptors (Lipinski definition) is 4. The number of ketones is 1. The zero-order valence-electron chi connectivity index (χ0n) is 34.6. The van der Waals surface area contributed by atoms with Crippen LogP contribution in [-0.2, 0) is 43.2 Å². The molecule has 0 atom stereocenters. The Bertz CT molecular complexity index is 2130. The molecule has 5 aromatic rings. The number of aliphatic hydroxyl groups excluding tert-OH is 1. The summed E-state index contributed by atoms with van der Waals surface area (Å²) in [5, 5.41) is 14.7. The van der Waals surface area contributed by atoms with Gasteiger partial charge in [-0.05, 0) is 72.8 Å².